The Hall–Kier alpha value is -1.53. The van der Waals surface area contributed by atoms with Crippen molar-refractivity contribution in [1.82, 2.24) is 0 Å². The zero-order valence-corrected chi connectivity index (χ0v) is 5.72. The minimum atomic E-state index is 0.925. The molecule has 0 aromatic heterocycles. The second kappa shape index (κ2) is 1.55. The van der Waals surface area contributed by atoms with Crippen LogP contribution in [0.2, 0.25) is 0 Å². The monoisotopic (exact) mass is 143 g/mol. The average Bonchev–Trinajstić information content (AvgIpc) is 2.01. The number of ether oxygens (including phenoxy) is 1. The van der Waals surface area contributed by atoms with Crippen LogP contribution in [0.4, 0.5) is 5.69 Å². The fraction of sp³-hybridized carbons (Fsp3) is 0. The largest absolute Gasteiger partial charge is 0.471 e. The molecule has 0 saturated heterocycles. The second-order valence-corrected chi connectivity index (χ2v) is 2.56. The van der Waals surface area contributed by atoms with Gasteiger partial charge in [-0.2, -0.15) is 4.99 Å². The molecule has 0 saturated carbocycles. The van der Waals surface area contributed by atoms with Gasteiger partial charge >= 0.3 is 0 Å². The van der Waals surface area contributed by atoms with E-state index in [1.807, 2.05) is 24.3 Å². The summed E-state index contributed by atoms with van der Waals surface area (Å²) in [7, 11) is 0. The van der Waals surface area contributed by atoms with Crippen LogP contribution in [-0.2, 0) is 0 Å². The maximum Gasteiger partial charge on any atom is 0.224 e. The number of nitrogens with one attached hydrogen (secondary N) is 1. The molecule has 51 valence electrons. The van der Waals surface area contributed by atoms with E-state index in [2.05, 4.69) is 10.9 Å². The number of hydrogen-bond donors (Lipinski definition) is 1. The molecular weight excluding hydrogens is 138 g/mol. The summed E-state index contributed by atoms with van der Waals surface area (Å²) in [5.41, 5.74) is 2.28. The summed E-state index contributed by atoms with van der Waals surface area (Å²) < 4.78 is 5.32. The Morgan fingerprint density at radius 3 is 3.27 bits per heavy atom. The van der Waals surface area contributed by atoms with Crippen LogP contribution >= 0.6 is 0 Å². The zero-order chi connectivity index (χ0) is 7.26. The molecule has 2 nitrogen and oxygen atoms in total. The van der Waals surface area contributed by atoms with E-state index in [9.17, 15) is 0 Å². The lowest BCUT2D eigenvalue weighted by Crippen LogP contribution is -2.62. The van der Waals surface area contributed by atoms with Gasteiger partial charge in [0.1, 0.15) is 11.3 Å². The van der Waals surface area contributed by atoms with Crippen LogP contribution in [0.5, 0.6) is 5.75 Å². The first-order valence-corrected chi connectivity index (χ1v) is 3.48. The number of rotatable bonds is 0. The summed E-state index contributed by atoms with van der Waals surface area (Å²) in [4.78, 5) is 3.03. The van der Waals surface area contributed by atoms with Crippen LogP contribution in [0.15, 0.2) is 24.3 Å². The fourth-order valence-corrected chi connectivity index (χ4v) is 1.38. The normalized spacial score (nSPS) is 17.1. The van der Waals surface area contributed by atoms with Gasteiger partial charge in [0.15, 0.2) is 5.87 Å². The van der Waals surface area contributed by atoms with Crippen molar-refractivity contribution < 1.29 is 9.73 Å². The van der Waals surface area contributed by atoms with Crippen molar-refractivity contribution >= 4 is 11.6 Å². The van der Waals surface area contributed by atoms with E-state index in [0.29, 0.717) is 0 Å². The van der Waals surface area contributed by atoms with Crippen LogP contribution < -0.4 is 9.73 Å². The maximum atomic E-state index is 5.32. The first-order valence-electron chi connectivity index (χ1n) is 3.48. The maximum absolute atomic E-state index is 5.32. The van der Waals surface area contributed by atoms with Crippen LogP contribution in [0, 0.1) is 6.10 Å². The van der Waals surface area contributed by atoms with E-state index in [4.69, 9.17) is 4.74 Å². The van der Waals surface area contributed by atoms with Crippen LogP contribution in [0.25, 0.3) is 0 Å². The van der Waals surface area contributed by atoms with E-state index in [1.54, 1.807) is 0 Å². The predicted molar refractivity (Wildman–Crippen MR) is 39.6 cm³/mol. The molecule has 0 aliphatic carbocycles. The number of hydrogen-bond acceptors (Lipinski definition) is 1. The molecule has 11 heavy (non-hydrogen) atoms. The first-order chi connectivity index (χ1) is 5.45. The molecule has 0 atom stereocenters. The van der Waals surface area contributed by atoms with Crippen molar-refractivity contribution in [3.8, 4) is 5.75 Å². The fourth-order valence-electron chi connectivity index (χ4n) is 1.38. The molecule has 1 aromatic carbocycles. The van der Waals surface area contributed by atoms with Gasteiger partial charge in [-0.05, 0) is 6.07 Å². The third kappa shape index (κ3) is 0.506. The van der Waals surface area contributed by atoms with E-state index < -0.39 is 0 Å². The standard InChI is InChI=1S/C9H4NO/c1-2-6-9-7(3-1)11-8(9)4-5-10-6/h1-4H/p+1. The Morgan fingerprint density at radius 2 is 2.36 bits per heavy atom. The Bertz CT molecular complexity index is 389. The molecule has 3 rings (SSSR count). The van der Waals surface area contributed by atoms with Gasteiger partial charge in [0, 0.05) is 6.07 Å². The van der Waals surface area contributed by atoms with E-state index in [-0.39, 0.29) is 0 Å². The molecule has 0 amide bonds. The summed E-state index contributed by atoms with van der Waals surface area (Å²) >= 11 is 0. The molecule has 0 fully saturated rings. The van der Waals surface area contributed by atoms with Gasteiger partial charge in [0.2, 0.25) is 11.8 Å². The molecule has 1 radical (unpaired) electrons. The average molecular weight is 143 g/mol. The Morgan fingerprint density at radius 1 is 1.36 bits per heavy atom. The minimum absolute atomic E-state index is 0.925. The van der Waals surface area contributed by atoms with E-state index in [1.165, 1.54) is 5.56 Å². The highest BCUT2D eigenvalue weighted by atomic mass is 16.5. The highest BCUT2D eigenvalue weighted by molar-refractivity contribution is 5.71. The Kier molecular flexibility index (Phi) is 0.727. The van der Waals surface area contributed by atoms with Gasteiger partial charge in [0.25, 0.3) is 0 Å². The van der Waals surface area contributed by atoms with Gasteiger partial charge in [0.05, 0.1) is 6.08 Å². The molecule has 0 spiro atoms. The number of benzene rings is 1. The summed E-state index contributed by atoms with van der Waals surface area (Å²) in [6, 6.07) is 5.94. The molecule has 2 aliphatic heterocycles. The van der Waals surface area contributed by atoms with Crippen LogP contribution in [0.1, 0.15) is 5.56 Å². The van der Waals surface area contributed by atoms with Gasteiger partial charge in [-0.1, -0.05) is 6.07 Å². The second-order valence-electron chi connectivity index (χ2n) is 2.56. The van der Waals surface area contributed by atoms with Crippen molar-refractivity contribution in [1.29, 1.82) is 0 Å². The summed E-state index contributed by atoms with van der Waals surface area (Å²) in [6.07, 6.45) is 2.74. The van der Waals surface area contributed by atoms with E-state index in [0.717, 1.165) is 17.5 Å². The van der Waals surface area contributed by atoms with Crippen molar-refractivity contribution in [2.75, 3.05) is 0 Å². The summed E-state index contributed by atoms with van der Waals surface area (Å²) in [5.74, 6) is 3.86. The van der Waals surface area contributed by atoms with E-state index >= 15 is 0 Å². The topological polar surface area (TPSA) is 23.2 Å². The molecule has 1 N–H and O–H groups in total. The quantitative estimate of drug-likeness (QED) is 0.539. The lowest BCUT2D eigenvalue weighted by Gasteiger charge is -2.26. The van der Waals surface area contributed by atoms with Gasteiger partial charge in [-0.25, -0.2) is 0 Å². The zero-order valence-electron chi connectivity index (χ0n) is 5.72. The Labute approximate surface area is 63.8 Å². The van der Waals surface area contributed by atoms with Crippen molar-refractivity contribution in [3.63, 3.8) is 0 Å². The molecule has 1 aromatic rings. The predicted octanol–water partition coefficient (Wildman–Crippen LogP) is -0.0893. The highest BCUT2D eigenvalue weighted by Crippen LogP contribution is 2.42. The van der Waals surface area contributed by atoms with Crippen LogP contribution in [-0.4, -0.2) is 5.87 Å². The lowest BCUT2D eigenvalue weighted by atomic mass is 9.99. The molecular formula is C9H5NO+. The van der Waals surface area contributed by atoms with Crippen molar-refractivity contribution in [3.05, 3.63) is 35.9 Å². The molecule has 0 unspecified atom stereocenters. The summed E-state index contributed by atoms with van der Waals surface area (Å²) in [5, 5.41) is 0. The van der Waals surface area contributed by atoms with Gasteiger partial charge in [-0.15, -0.1) is 0 Å². The molecule has 2 heterocycles. The molecule has 2 aliphatic rings. The Balaban J connectivity index is 2.40. The van der Waals surface area contributed by atoms with Crippen molar-refractivity contribution in [2.24, 2.45) is 0 Å². The van der Waals surface area contributed by atoms with Crippen LogP contribution in [0.3, 0.4) is 0 Å². The SMILES string of the molecule is C1=C[C]2Oc3cccc(c32)[NH+]=1. The molecule has 2 heteroatoms. The lowest BCUT2D eigenvalue weighted by molar-refractivity contribution is -0.347. The van der Waals surface area contributed by atoms with Crippen molar-refractivity contribution in [2.45, 2.75) is 0 Å². The van der Waals surface area contributed by atoms with Gasteiger partial charge in [-0.3, -0.25) is 0 Å². The van der Waals surface area contributed by atoms with Gasteiger partial charge < -0.3 is 4.74 Å². The third-order valence-corrected chi connectivity index (χ3v) is 1.90. The summed E-state index contributed by atoms with van der Waals surface area (Å²) in [6.45, 7) is 0. The smallest absolute Gasteiger partial charge is 0.224 e. The third-order valence-electron chi connectivity index (χ3n) is 1.90. The molecule has 0 bridgehead atoms. The first kappa shape index (κ1) is 5.16. The minimum Gasteiger partial charge on any atom is -0.471 e. The highest BCUT2D eigenvalue weighted by Gasteiger charge is 2.35.